The van der Waals surface area contributed by atoms with Crippen LogP contribution in [0.5, 0.6) is 0 Å². The van der Waals surface area contributed by atoms with Gasteiger partial charge in [0.25, 0.3) is 5.15 Å². The van der Waals surface area contributed by atoms with Gasteiger partial charge >= 0.3 is 6.18 Å². The first-order chi connectivity index (χ1) is 5.95. The predicted octanol–water partition coefficient (Wildman–Crippen LogP) is 2.57. The lowest BCUT2D eigenvalue weighted by Gasteiger charge is -2.03. The summed E-state index contributed by atoms with van der Waals surface area (Å²) in [6, 6.07) is 0.575. The van der Waals surface area contributed by atoms with Gasteiger partial charge in [-0.1, -0.05) is 0 Å². The van der Waals surface area contributed by atoms with Crippen LogP contribution in [0, 0.1) is 4.91 Å². The first-order valence-corrected chi connectivity index (χ1v) is 3.44. The zero-order chi connectivity index (χ0) is 10.1. The van der Waals surface area contributed by atoms with Crippen LogP contribution in [0.15, 0.2) is 17.4 Å². The maximum Gasteiger partial charge on any atom is 0.423 e. The lowest BCUT2D eigenvalue weighted by molar-refractivity contribution is -0.377. The molecule has 1 aromatic heterocycles. The second-order valence-electron chi connectivity index (χ2n) is 2.17. The summed E-state index contributed by atoms with van der Waals surface area (Å²) in [7, 11) is 0. The van der Waals surface area contributed by atoms with E-state index in [0.29, 0.717) is 6.07 Å². The van der Waals surface area contributed by atoms with E-state index in [9.17, 15) is 18.1 Å². The van der Waals surface area contributed by atoms with E-state index in [1.165, 1.54) is 0 Å². The van der Waals surface area contributed by atoms with Crippen LogP contribution in [0.2, 0.25) is 5.15 Å². The number of alkyl halides is 3. The molecular formula is C6H3ClF3N2O+. The lowest BCUT2D eigenvalue weighted by atomic mass is 10.2. The third kappa shape index (κ3) is 2.15. The van der Waals surface area contributed by atoms with Crippen molar-refractivity contribution in [2.24, 2.45) is 5.18 Å². The first-order valence-electron chi connectivity index (χ1n) is 3.07. The maximum atomic E-state index is 12.1. The minimum Gasteiger partial charge on any atom is -0.199 e. The van der Waals surface area contributed by atoms with Gasteiger partial charge in [-0.3, -0.25) is 0 Å². The van der Waals surface area contributed by atoms with Crippen LogP contribution in [0.3, 0.4) is 0 Å². The number of aromatic nitrogens is 1. The third-order valence-electron chi connectivity index (χ3n) is 1.29. The topological polar surface area (TPSA) is 43.6 Å². The van der Waals surface area contributed by atoms with Gasteiger partial charge in [-0.05, 0) is 22.8 Å². The molecule has 1 rings (SSSR count). The van der Waals surface area contributed by atoms with Crippen LogP contribution in [0.1, 0.15) is 5.56 Å². The van der Waals surface area contributed by atoms with Crippen LogP contribution >= 0.6 is 11.6 Å². The standard InChI is InChI=1S/C6H2ClF3N2O/c7-5-4(6(8,9)10)1-3(12-13)2-11-5/h1-2H/p+1. The second-order valence-corrected chi connectivity index (χ2v) is 2.55. The monoisotopic (exact) mass is 211 g/mol. The van der Waals surface area contributed by atoms with E-state index in [1.54, 1.807) is 0 Å². The summed E-state index contributed by atoms with van der Waals surface area (Å²) in [5.41, 5.74) is -1.46. The van der Waals surface area contributed by atoms with Gasteiger partial charge in [-0.15, -0.1) is 4.91 Å². The van der Waals surface area contributed by atoms with E-state index < -0.39 is 16.9 Å². The molecular weight excluding hydrogens is 209 g/mol. The number of rotatable bonds is 1. The van der Waals surface area contributed by atoms with Crippen LogP contribution in [-0.2, 0) is 6.18 Å². The Morgan fingerprint density at radius 3 is 2.54 bits per heavy atom. The van der Waals surface area contributed by atoms with Crippen molar-refractivity contribution < 1.29 is 18.2 Å². The van der Waals surface area contributed by atoms with Gasteiger partial charge in [0.05, 0.1) is 0 Å². The van der Waals surface area contributed by atoms with Crippen molar-refractivity contribution in [3.63, 3.8) is 0 Å². The fourth-order valence-electron chi connectivity index (χ4n) is 0.727. The highest BCUT2D eigenvalue weighted by Gasteiger charge is 2.37. The van der Waals surface area contributed by atoms with Gasteiger partial charge in [-0.25, -0.2) is 0 Å². The molecule has 1 aromatic rings. The Labute approximate surface area is 75.5 Å². The number of hydrogen-bond acceptors (Lipinski definition) is 2. The van der Waals surface area contributed by atoms with Crippen LogP contribution in [0.25, 0.3) is 0 Å². The van der Waals surface area contributed by atoms with Crippen LogP contribution < -0.4 is 4.98 Å². The summed E-state index contributed by atoms with van der Waals surface area (Å²) in [5, 5.41) is 1.78. The van der Waals surface area contributed by atoms with E-state index in [1.807, 2.05) is 0 Å². The zero-order valence-corrected chi connectivity index (χ0v) is 6.78. The molecule has 0 aliphatic heterocycles. The minimum absolute atomic E-state index is 0.350. The van der Waals surface area contributed by atoms with Gasteiger partial charge in [0.15, 0.2) is 11.9 Å². The normalized spacial score (nSPS) is 11.4. The molecule has 0 saturated heterocycles. The minimum atomic E-state index is -4.59. The fourth-order valence-corrected chi connectivity index (χ4v) is 0.943. The highest BCUT2D eigenvalue weighted by atomic mass is 35.5. The van der Waals surface area contributed by atoms with Crippen LogP contribution in [-0.4, -0.2) is 0 Å². The van der Waals surface area contributed by atoms with Gasteiger partial charge < -0.3 is 0 Å². The fraction of sp³-hybridized carbons (Fsp3) is 0.167. The highest BCUT2D eigenvalue weighted by Crippen LogP contribution is 2.34. The summed E-state index contributed by atoms with van der Waals surface area (Å²) in [6.45, 7) is 0. The molecule has 0 fully saturated rings. The van der Waals surface area contributed by atoms with Gasteiger partial charge in [0, 0.05) is 0 Å². The van der Waals surface area contributed by atoms with E-state index >= 15 is 0 Å². The lowest BCUT2D eigenvalue weighted by Crippen LogP contribution is -2.13. The molecule has 0 amide bonds. The maximum absolute atomic E-state index is 12.1. The van der Waals surface area contributed by atoms with Crippen molar-refractivity contribution in [3.05, 3.63) is 27.9 Å². The number of nitroso groups, excluding NO2 is 1. The van der Waals surface area contributed by atoms with Gasteiger partial charge in [0.1, 0.15) is 5.56 Å². The molecule has 0 bridgehead atoms. The average Bonchev–Trinajstić information content (AvgIpc) is 2.03. The molecule has 0 aliphatic carbocycles. The van der Waals surface area contributed by atoms with E-state index in [4.69, 9.17) is 11.6 Å². The first kappa shape index (κ1) is 9.91. The molecule has 0 aromatic carbocycles. The van der Waals surface area contributed by atoms with E-state index in [-0.39, 0.29) is 5.69 Å². The second kappa shape index (κ2) is 3.29. The Bertz CT molecular complexity index is 339. The Balaban J connectivity index is 3.27. The highest BCUT2D eigenvalue weighted by molar-refractivity contribution is 6.29. The molecule has 0 atom stereocenters. The molecule has 7 heteroatoms. The number of halogens is 4. The summed E-state index contributed by atoms with van der Waals surface area (Å²) in [4.78, 5) is 12.0. The SMILES string of the molecule is O=Nc1c[nH+]c(Cl)c(C(F)(F)F)c1. The molecule has 70 valence electrons. The van der Waals surface area contributed by atoms with Crippen molar-refractivity contribution in [2.75, 3.05) is 0 Å². The van der Waals surface area contributed by atoms with Crippen LogP contribution in [0.4, 0.5) is 18.9 Å². The smallest absolute Gasteiger partial charge is 0.199 e. The molecule has 1 N–H and O–H groups in total. The third-order valence-corrected chi connectivity index (χ3v) is 1.60. The Morgan fingerprint density at radius 2 is 2.08 bits per heavy atom. The molecule has 0 radical (unpaired) electrons. The molecule has 0 unspecified atom stereocenters. The number of H-pyrrole nitrogens is 1. The van der Waals surface area contributed by atoms with E-state index in [0.717, 1.165) is 6.20 Å². The molecule has 0 saturated carbocycles. The number of pyridine rings is 1. The summed E-state index contributed by atoms with van der Waals surface area (Å²) >= 11 is 5.22. The van der Waals surface area contributed by atoms with E-state index in [2.05, 4.69) is 10.2 Å². The average molecular weight is 212 g/mol. The Hall–Kier alpha value is -1.17. The number of nitrogens with zero attached hydrogens (tertiary/aromatic N) is 1. The van der Waals surface area contributed by atoms with Crippen molar-refractivity contribution >= 4 is 17.3 Å². The number of hydrogen-bond donors (Lipinski definition) is 0. The molecule has 13 heavy (non-hydrogen) atoms. The van der Waals surface area contributed by atoms with Crippen molar-refractivity contribution in [1.29, 1.82) is 0 Å². The zero-order valence-electron chi connectivity index (χ0n) is 6.02. The Morgan fingerprint density at radius 1 is 1.46 bits per heavy atom. The quantitative estimate of drug-likeness (QED) is 0.520. The summed E-state index contributed by atoms with van der Waals surface area (Å²) in [5.74, 6) is 0. The van der Waals surface area contributed by atoms with Crippen molar-refractivity contribution in [2.45, 2.75) is 6.18 Å². The molecule has 3 nitrogen and oxygen atoms in total. The molecule has 0 aliphatic rings. The Kier molecular flexibility index (Phi) is 2.51. The van der Waals surface area contributed by atoms with Gasteiger partial charge in [-0.2, -0.15) is 18.2 Å². The number of aromatic amines is 1. The molecule has 1 heterocycles. The molecule has 0 spiro atoms. The summed E-state index contributed by atoms with van der Waals surface area (Å²) < 4.78 is 36.4. The van der Waals surface area contributed by atoms with Crippen molar-refractivity contribution in [1.82, 2.24) is 0 Å². The predicted molar refractivity (Wildman–Crippen MR) is 38.5 cm³/mol. The van der Waals surface area contributed by atoms with Gasteiger partial charge in [0.2, 0.25) is 0 Å². The largest absolute Gasteiger partial charge is 0.423 e. The van der Waals surface area contributed by atoms with Crippen molar-refractivity contribution in [3.8, 4) is 0 Å². The number of nitrogens with one attached hydrogen (secondary N) is 1. The summed E-state index contributed by atoms with van der Waals surface area (Å²) in [6.07, 6.45) is -3.60.